The van der Waals surface area contributed by atoms with Gasteiger partial charge in [0.1, 0.15) is 5.56 Å². The summed E-state index contributed by atoms with van der Waals surface area (Å²) in [5, 5.41) is 9.01. The standard InChI is InChI=1S/C12H18N2O3/c1-7(2)4-8(3)17-11-10(12(15)16)5-9(13)6-14-11/h5-8H,4,13H2,1-3H3,(H,15,16). The van der Waals surface area contributed by atoms with Crippen molar-refractivity contribution in [1.82, 2.24) is 4.98 Å². The minimum Gasteiger partial charge on any atom is -0.477 e. The maximum Gasteiger partial charge on any atom is 0.341 e. The molecule has 1 rings (SSSR count). The molecular weight excluding hydrogens is 220 g/mol. The van der Waals surface area contributed by atoms with E-state index in [4.69, 9.17) is 15.6 Å². The molecule has 94 valence electrons. The van der Waals surface area contributed by atoms with E-state index >= 15 is 0 Å². The Morgan fingerprint density at radius 1 is 1.53 bits per heavy atom. The van der Waals surface area contributed by atoms with Gasteiger partial charge in [-0.05, 0) is 25.3 Å². The second kappa shape index (κ2) is 5.52. The SMILES string of the molecule is CC(C)CC(C)Oc1ncc(N)cc1C(=O)O. The first-order chi connectivity index (χ1) is 7.90. The van der Waals surface area contributed by atoms with Crippen molar-refractivity contribution < 1.29 is 14.6 Å². The number of nitrogens with two attached hydrogens (primary N) is 1. The quantitative estimate of drug-likeness (QED) is 0.821. The van der Waals surface area contributed by atoms with Crippen molar-refractivity contribution in [3.63, 3.8) is 0 Å². The Bertz CT molecular complexity index is 405. The van der Waals surface area contributed by atoms with Crippen LogP contribution in [0, 0.1) is 5.92 Å². The maximum absolute atomic E-state index is 11.0. The van der Waals surface area contributed by atoms with E-state index in [1.54, 1.807) is 0 Å². The third-order valence-electron chi connectivity index (χ3n) is 2.22. The van der Waals surface area contributed by atoms with Gasteiger partial charge in [-0.2, -0.15) is 0 Å². The van der Waals surface area contributed by atoms with Crippen molar-refractivity contribution in [2.45, 2.75) is 33.3 Å². The van der Waals surface area contributed by atoms with Gasteiger partial charge >= 0.3 is 5.97 Å². The molecule has 0 amide bonds. The second-order valence-electron chi connectivity index (χ2n) is 4.48. The number of aromatic nitrogens is 1. The van der Waals surface area contributed by atoms with E-state index < -0.39 is 5.97 Å². The summed E-state index contributed by atoms with van der Waals surface area (Å²) in [4.78, 5) is 14.9. The molecule has 0 radical (unpaired) electrons. The van der Waals surface area contributed by atoms with Crippen LogP contribution in [0.2, 0.25) is 0 Å². The van der Waals surface area contributed by atoms with Crippen LogP contribution in [0.25, 0.3) is 0 Å². The van der Waals surface area contributed by atoms with Crippen LogP contribution < -0.4 is 10.5 Å². The van der Waals surface area contributed by atoms with Crippen molar-refractivity contribution >= 4 is 11.7 Å². The summed E-state index contributed by atoms with van der Waals surface area (Å²) in [5.74, 6) is -0.483. The zero-order chi connectivity index (χ0) is 13.0. The fourth-order valence-corrected chi connectivity index (χ4v) is 1.62. The van der Waals surface area contributed by atoms with Gasteiger partial charge in [-0.3, -0.25) is 0 Å². The van der Waals surface area contributed by atoms with E-state index in [-0.39, 0.29) is 17.5 Å². The van der Waals surface area contributed by atoms with Crippen LogP contribution in [-0.2, 0) is 0 Å². The lowest BCUT2D eigenvalue weighted by atomic mass is 10.1. The molecule has 1 aromatic rings. The molecule has 0 bridgehead atoms. The van der Waals surface area contributed by atoms with Crippen LogP contribution in [-0.4, -0.2) is 22.2 Å². The zero-order valence-electron chi connectivity index (χ0n) is 10.3. The largest absolute Gasteiger partial charge is 0.477 e. The van der Waals surface area contributed by atoms with Gasteiger partial charge in [0, 0.05) is 0 Å². The van der Waals surface area contributed by atoms with Gasteiger partial charge in [-0.1, -0.05) is 13.8 Å². The summed E-state index contributed by atoms with van der Waals surface area (Å²) in [7, 11) is 0. The Morgan fingerprint density at radius 3 is 2.71 bits per heavy atom. The van der Waals surface area contributed by atoms with E-state index in [2.05, 4.69) is 18.8 Å². The summed E-state index contributed by atoms with van der Waals surface area (Å²) in [6.45, 7) is 6.05. The highest BCUT2D eigenvalue weighted by molar-refractivity contribution is 5.91. The van der Waals surface area contributed by atoms with Crippen molar-refractivity contribution in [1.29, 1.82) is 0 Å². The number of anilines is 1. The molecule has 0 fully saturated rings. The van der Waals surface area contributed by atoms with E-state index in [1.807, 2.05) is 6.92 Å². The Morgan fingerprint density at radius 2 is 2.18 bits per heavy atom. The van der Waals surface area contributed by atoms with Gasteiger partial charge < -0.3 is 15.6 Å². The van der Waals surface area contributed by atoms with Gasteiger partial charge in [0.15, 0.2) is 0 Å². The number of carboxylic acids is 1. The van der Waals surface area contributed by atoms with Crippen LogP contribution >= 0.6 is 0 Å². The van der Waals surface area contributed by atoms with Crippen LogP contribution in [0.3, 0.4) is 0 Å². The fourth-order valence-electron chi connectivity index (χ4n) is 1.62. The summed E-state index contributed by atoms with van der Waals surface area (Å²) in [6.07, 6.45) is 2.15. The summed E-state index contributed by atoms with van der Waals surface area (Å²) in [6, 6.07) is 1.35. The molecule has 0 aromatic carbocycles. The number of carboxylic acid groups (broad SMARTS) is 1. The Labute approximate surface area is 101 Å². The predicted octanol–water partition coefficient (Wildman–Crippen LogP) is 2.18. The van der Waals surface area contributed by atoms with Crippen molar-refractivity contribution in [2.75, 3.05) is 5.73 Å². The molecule has 1 heterocycles. The smallest absolute Gasteiger partial charge is 0.341 e. The molecule has 1 atom stereocenters. The number of pyridine rings is 1. The Kier molecular flexibility index (Phi) is 4.31. The van der Waals surface area contributed by atoms with Gasteiger partial charge in [-0.15, -0.1) is 0 Å². The first kappa shape index (κ1) is 13.3. The molecule has 1 unspecified atom stereocenters. The average molecular weight is 238 g/mol. The summed E-state index contributed by atoms with van der Waals surface area (Å²) in [5.41, 5.74) is 5.81. The minimum absolute atomic E-state index is 0.000561. The number of carbonyl (C=O) groups is 1. The molecule has 1 aromatic heterocycles. The molecule has 3 N–H and O–H groups in total. The normalized spacial score (nSPS) is 12.5. The van der Waals surface area contributed by atoms with Crippen molar-refractivity contribution in [3.8, 4) is 5.88 Å². The van der Waals surface area contributed by atoms with Crippen LogP contribution in [0.4, 0.5) is 5.69 Å². The lowest BCUT2D eigenvalue weighted by Crippen LogP contribution is -2.17. The first-order valence-electron chi connectivity index (χ1n) is 5.55. The predicted molar refractivity (Wildman–Crippen MR) is 65.2 cm³/mol. The highest BCUT2D eigenvalue weighted by Crippen LogP contribution is 2.20. The number of hydrogen-bond donors (Lipinski definition) is 2. The number of hydrogen-bond acceptors (Lipinski definition) is 4. The van der Waals surface area contributed by atoms with Crippen molar-refractivity contribution in [3.05, 3.63) is 17.8 Å². The molecule has 0 spiro atoms. The highest BCUT2D eigenvalue weighted by Gasteiger charge is 2.16. The van der Waals surface area contributed by atoms with Crippen molar-refractivity contribution in [2.24, 2.45) is 5.92 Å². The lowest BCUT2D eigenvalue weighted by Gasteiger charge is -2.17. The Balaban J connectivity index is 2.86. The molecule has 0 aliphatic carbocycles. The maximum atomic E-state index is 11.0. The minimum atomic E-state index is -1.09. The molecule has 0 saturated carbocycles. The van der Waals surface area contributed by atoms with Gasteiger partial charge in [0.25, 0.3) is 0 Å². The van der Waals surface area contributed by atoms with Crippen LogP contribution in [0.1, 0.15) is 37.6 Å². The molecular formula is C12H18N2O3. The number of rotatable bonds is 5. The van der Waals surface area contributed by atoms with Crippen LogP contribution in [0.5, 0.6) is 5.88 Å². The zero-order valence-corrected chi connectivity index (χ0v) is 10.3. The lowest BCUT2D eigenvalue weighted by molar-refractivity contribution is 0.0687. The molecule has 0 saturated heterocycles. The van der Waals surface area contributed by atoms with Gasteiger partial charge in [0.2, 0.25) is 5.88 Å². The Hall–Kier alpha value is -1.78. The molecule has 5 heteroatoms. The average Bonchev–Trinajstić information content (AvgIpc) is 2.19. The number of nitrogens with zero attached hydrogens (tertiary/aromatic N) is 1. The summed E-state index contributed by atoms with van der Waals surface area (Å²) < 4.78 is 5.53. The van der Waals surface area contributed by atoms with E-state index in [9.17, 15) is 4.79 Å². The summed E-state index contributed by atoms with van der Waals surface area (Å²) >= 11 is 0. The fraction of sp³-hybridized carbons (Fsp3) is 0.500. The van der Waals surface area contributed by atoms with E-state index in [0.29, 0.717) is 11.6 Å². The number of aromatic carboxylic acids is 1. The molecule has 0 aliphatic rings. The van der Waals surface area contributed by atoms with E-state index in [1.165, 1.54) is 12.3 Å². The van der Waals surface area contributed by atoms with E-state index in [0.717, 1.165) is 6.42 Å². The second-order valence-corrected chi connectivity index (χ2v) is 4.48. The third-order valence-corrected chi connectivity index (χ3v) is 2.22. The highest BCUT2D eigenvalue weighted by atomic mass is 16.5. The molecule has 0 aliphatic heterocycles. The topological polar surface area (TPSA) is 85.4 Å². The van der Waals surface area contributed by atoms with Crippen LogP contribution in [0.15, 0.2) is 12.3 Å². The van der Waals surface area contributed by atoms with Gasteiger partial charge in [0.05, 0.1) is 18.0 Å². The monoisotopic (exact) mass is 238 g/mol. The van der Waals surface area contributed by atoms with Gasteiger partial charge in [-0.25, -0.2) is 9.78 Å². The first-order valence-corrected chi connectivity index (χ1v) is 5.55. The molecule has 17 heavy (non-hydrogen) atoms. The number of nitrogen functional groups attached to an aromatic ring is 1. The number of ether oxygens (including phenoxy) is 1. The third kappa shape index (κ3) is 3.94. The molecule has 5 nitrogen and oxygen atoms in total.